The molecule has 3 rings (SSSR count). The molecule has 0 unspecified atom stereocenters. The van der Waals surface area contributed by atoms with E-state index in [9.17, 15) is 4.79 Å². The molecular weight excluding hydrogens is 280 g/mol. The molecule has 0 radical (unpaired) electrons. The van der Waals surface area contributed by atoms with E-state index in [-0.39, 0.29) is 12.2 Å². The molecule has 0 saturated carbocycles. The standard InChI is InChI=1S/C14H17ClN2O3/c1-10-19-14(20-10)13(18)17-8-6-16(7-9-17)12-4-2-11(15)3-5-12/h2-5,10,14H,6-9H2,1H3. The van der Waals surface area contributed by atoms with Gasteiger partial charge in [-0.2, -0.15) is 0 Å². The summed E-state index contributed by atoms with van der Waals surface area (Å²) in [5.74, 6) is -0.0705. The molecule has 108 valence electrons. The van der Waals surface area contributed by atoms with Crippen molar-refractivity contribution in [3.63, 3.8) is 0 Å². The predicted molar refractivity (Wildman–Crippen MR) is 75.7 cm³/mol. The Morgan fingerprint density at radius 1 is 1.15 bits per heavy atom. The van der Waals surface area contributed by atoms with E-state index in [1.54, 1.807) is 11.8 Å². The summed E-state index contributed by atoms with van der Waals surface area (Å²) >= 11 is 5.89. The molecule has 2 aliphatic heterocycles. The third-order valence-electron chi connectivity index (χ3n) is 3.62. The van der Waals surface area contributed by atoms with E-state index in [0.717, 1.165) is 23.8 Å². The van der Waals surface area contributed by atoms with Gasteiger partial charge in [0.15, 0.2) is 6.29 Å². The molecule has 2 fully saturated rings. The lowest BCUT2D eigenvalue weighted by molar-refractivity contribution is -0.360. The average Bonchev–Trinajstić information content (AvgIpc) is 2.44. The lowest BCUT2D eigenvalue weighted by Gasteiger charge is -2.40. The van der Waals surface area contributed by atoms with Gasteiger partial charge in [-0.15, -0.1) is 0 Å². The van der Waals surface area contributed by atoms with Gasteiger partial charge in [0.1, 0.15) is 0 Å². The summed E-state index contributed by atoms with van der Waals surface area (Å²) in [6.45, 7) is 4.74. The molecule has 1 aromatic carbocycles. The molecule has 0 N–H and O–H groups in total. The Balaban J connectivity index is 1.54. The fraction of sp³-hybridized carbons (Fsp3) is 0.500. The molecule has 0 aliphatic carbocycles. The summed E-state index contributed by atoms with van der Waals surface area (Å²) in [6, 6.07) is 7.76. The summed E-state index contributed by atoms with van der Waals surface area (Å²) in [5, 5.41) is 0.732. The minimum absolute atomic E-state index is 0.0705. The van der Waals surface area contributed by atoms with Gasteiger partial charge >= 0.3 is 0 Å². The number of nitrogens with zero attached hydrogens (tertiary/aromatic N) is 2. The van der Waals surface area contributed by atoms with Crippen molar-refractivity contribution in [3.8, 4) is 0 Å². The maximum absolute atomic E-state index is 12.1. The highest BCUT2D eigenvalue weighted by Crippen LogP contribution is 2.22. The van der Waals surface area contributed by atoms with E-state index in [1.807, 2.05) is 24.3 Å². The third kappa shape index (κ3) is 2.75. The molecule has 2 heterocycles. The molecule has 1 amide bonds. The van der Waals surface area contributed by atoms with E-state index in [1.165, 1.54) is 0 Å². The monoisotopic (exact) mass is 296 g/mol. The maximum atomic E-state index is 12.1. The van der Waals surface area contributed by atoms with Crippen LogP contribution in [0.1, 0.15) is 6.92 Å². The number of carbonyl (C=O) groups is 1. The maximum Gasteiger partial charge on any atom is 0.279 e. The van der Waals surface area contributed by atoms with Crippen LogP contribution in [-0.2, 0) is 14.3 Å². The van der Waals surface area contributed by atoms with Crippen molar-refractivity contribution in [2.45, 2.75) is 19.5 Å². The molecule has 2 aliphatic rings. The van der Waals surface area contributed by atoms with Crippen LogP contribution in [0.5, 0.6) is 0 Å². The van der Waals surface area contributed by atoms with Gasteiger partial charge in [-0.3, -0.25) is 4.79 Å². The first-order valence-electron chi connectivity index (χ1n) is 6.74. The number of anilines is 1. The number of hydrogen-bond acceptors (Lipinski definition) is 4. The molecule has 20 heavy (non-hydrogen) atoms. The van der Waals surface area contributed by atoms with Crippen molar-refractivity contribution < 1.29 is 14.3 Å². The van der Waals surface area contributed by atoms with Gasteiger partial charge in [-0.1, -0.05) is 11.6 Å². The lowest BCUT2D eigenvalue weighted by atomic mass is 10.2. The summed E-state index contributed by atoms with van der Waals surface area (Å²) in [5.41, 5.74) is 1.13. The van der Waals surface area contributed by atoms with Crippen LogP contribution in [0.25, 0.3) is 0 Å². The van der Waals surface area contributed by atoms with E-state index in [0.29, 0.717) is 13.1 Å². The Hall–Kier alpha value is -1.30. The molecular formula is C14H17ClN2O3. The van der Waals surface area contributed by atoms with Gasteiger partial charge in [0.2, 0.25) is 6.29 Å². The van der Waals surface area contributed by atoms with E-state index < -0.39 is 6.29 Å². The number of halogens is 1. The summed E-state index contributed by atoms with van der Waals surface area (Å²) < 4.78 is 10.5. The molecule has 1 aromatic rings. The SMILES string of the molecule is CC1OC(C(=O)N2CCN(c3ccc(Cl)cc3)CC2)O1. The van der Waals surface area contributed by atoms with Gasteiger partial charge in [-0.25, -0.2) is 0 Å². The van der Waals surface area contributed by atoms with Gasteiger partial charge in [0.05, 0.1) is 0 Å². The topological polar surface area (TPSA) is 42.0 Å². The van der Waals surface area contributed by atoms with Crippen molar-refractivity contribution in [1.82, 2.24) is 4.90 Å². The predicted octanol–water partition coefficient (Wildman–Crippen LogP) is 1.71. The third-order valence-corrected chi connectivity index (χ3v) is 3.87. The number of piperazine rings is 1. The van der Waals surface area contributed by atoms with Crippen LogP contribution < -0.4 is 4.90 Å². The minimum Gasteiger partial charge on any atom is -0.368 e. The Morgan fingerprint density at radius 3 is 2.30 bits per heavy atom. The molecule has 0 bridgehead atoms. The van der Waals surface area contributed by atoms with Crippen LogP contribution in [-0.4, -0.2) is 49.6 Å². The summed E-state index contributed by atoms with van der Waals surface area (Å²) in [7, 11) is 0. The second-order valence-electron chi connectivity index (χ2n) is 4.96. The first-order chi connectivity index (χ1) is 9.63. The first kappa shape index (κ1) is 13.7. The second kappa shape index (κ2) is 5.60. The molecule has 0 spiro atoms. The van der Waals surface area contributed by atoms with E-state index in [4.69, 9.17) is 21.1 Å². The van der Waals surface area contributed by atoms with Crippen LogP contribution in [0.15, 0.2) is 24.3 Å². The number of ether oxygens (including phenoxy) is 2. The zero-order chi connectivity index (χ0) is 14.1. The van der Waals surface area contributed by atoms with Crippen LogP contribution in [0.4, 0.5) is 5.69 Å². The second-order valence-corrected chi connectivity index (χ2v) is 5.40. The number of amides is 1. The van der Waals surface area contributed by atoms with Crippen molar-refractivity contribution >= 4 is 23.2 Å². The quantitative estimate of drug-likeness (QED) is 0.833. The highest BCUT2D eigenvalue weighted by molar-refractivity contribution is 6.30. The smallest absolute Gasteiger partial charge is 0.279 e. The summed E-state index contributed by atoms with van der Waals surface area (Å²) in [4.78, 5) is 16.1. The highest BCUT2D eigenvalue weighted by atomic mass is 35.5. The van der Waals surface area contributed by atoms with Crippen molar-refractivity contribution in [2.75, 3.05) is 31.1 Å². The first-order valence-corrected chi connectivity index (χ1v) is 7.11. The van der Waals surface area contributed by atoms with Crippen molar-refractivity contribution in [2.24, 2.45) is 0 Å². The fourth-order valence-corrected chi connectivity index (χ4v) is 2.59. The van der Waals surface area contributed by atoms with Crippen LogP contribution in [0, 0.1) is 0 Å². The molecule has 2 saturated heterocycles. The Morgan fingerprint density at radius 2 is 1.75 bits per heavy atom. The van der Waals surface area contributed by atoms with Gasteiger partial charge in [-0.05, 0) is 31.2 Å². The Bertz CT molecular complexity index is 480. The normalized spacial score (nSPS) is 26.3. The minimum atomic E-state index is -0.702. The largest absolute Gasteiger partial charge is 0.368 e. The van der Waals surface area contributed by atoms with E-state index >= 15 is 0 Å². The van der Waals surface area contributed by atoms with Crippen LogP contribution >= 0.6 is 11.6 Å². The highest BCUT2D eigenvalue weighted by Gasteiger charge is 2.37. The van der Waals surface area contributed by atoms with E-state index in [2.05, 4.69) is 4.90 Å². The van der Waals surface area contributed by atoms with Crippen LogP contribution in [0.3, 0.4) is 0 Å². The zero-order valence-electron chi connectivity index (χ0n) is 11.3. The number of benzene rings is 1. The number of hydrogen-bond donors (Lipinski definition) is 0. The Kier molecular flexibility index (Phi) is 3.83. The van der Waals surface area contributed by atoms with Crippen LogP contribution in [0.2, 0.25) is 5.02 Å². The van der Waals surface area contributed by atoms with Gasteiger partial charge < -0.3 is 19.3 Å². The van der Waals surface area contributed by atoms with Crippen molar-refractivity contribution in [1.29, 1.82) is 0 Å². The molecule has 6 heteroatoms. The molecule has 0 aromatic heterocycles. The lowest BCUT2D eigenvalue weighted by Crippen LogP contribution is -2.56. The number of carbonyl (C=O) groups excluding carboxylic acids is 1. The number of rotatable bonds is 2. The zero-order valence-corrected chi connectivity index (χ0v) is 12.0. The molecule has 5 nitrogen and oxygen atoms in total. The van der Waals surface area contributed by atoms with Gasteiger partial charge in [0.25, 0.3) is 5.91 Å². The van der Waals surface area contributed by atoms with Crippen molar-refractivity contribution in [3.05, 3.63) is 29.3 Å². The fourth-order valence-electron chi connectivity index (χ4n) is 2.46. The van der Waals surface area contributed by atoms with Gasteiger partial charge in [0, 0.05) is 36.9 Å². The molecule has 0 atom stereocenters. The summed E-state index contributed by atoms with van der Waals surface area (Å²) in [6.07, 6.45) is -0.966. The Labute approximate surface area is 123 Å². The average molecular weight is 297 g/mol.